The summed E-state index contributed by atoms with van der Waals surface area (Å²) in [5, 5.41) is 0. The van der Waals surface area contributed by atoms with Crippen molar-refractivity contribution < 1.29 is 9.53 Å². The third kappa shape index (κ3) is 3.99. The molecule has 0 spiro atoms. The van der Waals surface area contributed by atoms with Crippen LogP contribution in [0.15, 0.2) is 30.3 Å². The fourth-order valence-corrected chi connectivity index (χ4v) is 3.09. The van der Waals surface area contributed by atoms with Gasteiger partial charge in [0.15, 0.2) is 0 Å². The molecule has 0 unspecified atom stereocenters. The first-order chi connectivity index (χ1) is 10.8. The molecule has 2 aliphatic heterocycles. The minimum Gasteiger partial charge on any atom is -0.378 e. The predicted octanol–water partition coefficient (Wildman–Crippen LogP) is 1.06. The second kappa shape index (κ2) is 7.61. The van der Waals surface area contributed by atoms with Gasteiger partial charge in [0.05, 0.1) is 13.2 Å². The number of hydrogen-bond donors (Lipinski definition) is 0. The number of hydrogen-bond acceptors (Lipinski definition) is 4. The third-order valence-electron chi connectivity index (χ3n) is 4.50. The molecule has 0 aliphatic carbocycles. The van der Waals surface area contributed by atoms with E-state index in [1.54, 1.807) is 0 Å². The molecule has 2 aliphatic rings. The van der Waals surface area contributed by atoms with Crippen molar-refractivity contribution in [3.8, 4) is 0 Å². The largest absolute Gasteiger partial charge is 0.378 e. The summed E-state index contributed by atoms with van der Waals surface area (Å²) in [6.07, 6.45) is 0.630. The van der Waals surface area contributed by atoms with Crippen LogP contribution in [0.3, 0.4) is 0 Å². The minimum absolute atomic E-state index is 0.272. The molecule has 2 fully saturated rings. The Morgan fingerprint density at radius 2 is 1.64 bits per heavy atom. The van der Waals surface area contributed by atoms with Crippen molar-refractivity contribution in [2.45, 2.75) is 6.42 Å². The van der Waals surface area contributed by atoms with Crippen molar-refractivity contribution in [1.82, 2.24) is 9.80 Å². The van der Waals surface area contributed by atoms with Gasteiger partial charge in [0.2, 0.25) is 5.91 Å². The molecule has 3 rings (SSSR count). The van der Waals surface area contributed by atoms with Crippen molar-refractivity contribution >= 4 is 11.6 Å². The molecule has 5 nitrogen and oxygen atoms in total. The number of amides is 1. The first-order valence-electron chi connectivity index (χ1n) is 8.21. The average Bonchev–Trinajstić information content (AvgIpc) is 2.61. The second-order valence-corrected chi connectivity index (χ2v) is 5.91. The Morgan fingerprint density at radius 3 is 2.32 bits per heavy atom. The van der Waals surface area contributed by atoms with Gasteiger partial charge < -0.3 is 14.5 Å². The van der Waals surface area contributed by atoms with Crippen LogP contribution in [0.2, 0.25) is 0 Å². The van der Waals surface area contributed by atoms with Crippen LogP contribution < -0.4 is 4.90 Å². The van der Waals surface area contributed by atoms with Crippen molar-refractivity contribution in [1.29, 1.82) is 0 Å². The lowest BCUT2D eigenvalue weighted by molar-refractivity contribution is -0.135. The highest BCUT2D eigenvalue weighted by Crippen LogP contribution is 2.15. The fraction of sp³-hybridized carbons (Fsp3) is 0.588. The summed E-state index contributed by atoms with van der Waals surface area (Å²) in [6, 6.07) is 10.6. The second-order valence-electron chi connectivity index (χ2n) is 5.91. The summed E-state index contributed by atoms with van der Waals surface area (Å²) in [4.78, 5) is 18.9. The standard InChI is InChI=1S/C17H25N3O2/c21-17(20-12-14-22-15-13-20)6-7-18-8-10-19(11-9-18)16-4-2-1-3-5-16/h1-5H,6-15H2. The van der Waals surface area contributed by atoms with E-state index in [1.165, 1.54) is 5.69 Å². The van der Waals surface area contributed by atoms with Gasteiger partial charge in [-0.25, -0.2) is 0 Å². The number of anilines is 1. The van der Waals surface area contributed by atoms with E-state index in [0.717, 1.165) is 45.8 Å². The predicted molar refractivity (Wildman–Crippen MR) is 87.1 cm³/mol. The van der Waals surface area contributed by atoms with Gasteiger partial charge in [-0.15, -0.1) is 0 Å². The fourth-order valence-electron chi connectivity index (χ4n) is 3.09. The minimum atomic E-state index is 0.272. The first kappa shape index (κ1) is 15.3. The van der Waals surface area contributed by atoms with E-state index in [2.05, 4.69) is 40.1 Å². The molecule has 5 heteroatoms. The van der Waals surface area contributed by atoms with Crippen LogP contribution in [0, 0.1) is 0 Å². The van der Waals surface area contributed by atoms with Crippen molar-refractivity contribution in [3.05, 3.63) is 30.3 Å². The third-order valence-corrected chi connectivity index (χ3v) is 4.50. The molecular weight excluding hydrogens is 278 g/mol. The smallest absolute Gasteiger partial charge is 0.224 e. The summed E-state index contributed by atoms with van der Waals surface area (Å²) in [7, 11) is 0. The summed E-state index contributed by atoms with van der Waals surface area (Å²) in [6.45, 7) is 7.88. The number of nitrogens with zero attached hydrogens (tertiary/aromatic N) is 3. The number of para-hydroxylation sites is 1. The maximum Gasteiger partial charge on any atom is 0.224 e. The lowest BCUT2D eigenvalue weighted by Crippen LogP contribution is -2.48. The molecule has 0 N–H and O–H groups in total. The normalized spacial score (nSPS) is 20.2. The van der Waals surface area contributed by atoms with Crippen LogP contribution in [0.1, 0.15) is 6.42 Å². The first-order valence-corrected chi connectivity index (χ1v) is 8.21. The van der Waals surface area contributed by atoms with Gasteiger partial charge in [0.25, 0.3) is 0 Å². The van der Waals surface area contributed by atoms with E-state index in [1.807, 2.05) is 4.90 Å². The Hall–Kier alpha value is -1.59. The quantitative estimate of drug-likeness (QED) is 0.833. The highest BCUT2D eigenvalue weighted by molar-refractivity contribution is 5.76. The van der Waals surface area contributed by atoms with E-state index >= 15 is 0 Å². The van der Waals surface area contributed by atoms with Crippen LogP contribution >= 0.6 is 0 Å². The lowest BCUT2D eigenvalue weighted by atomic mass is 10.2. The van der Waals surface area contributed by atoms with Crippen LogP contribution in [-0.4, -0.2) is 74.7 Å². The molecule has 2 saturated heterocycles. The van der Waals surface area contributed by atoms with E-state index in [0.29, 0.717) is 19.6 Å². The zero-order valence-electron chi connectivity index (χ0n) is 13.1. The van der Waals surface area contributed by atoms with Gasteiger partial charge in [0, 0.05) is 57.9 Å². The molecule has 1 aromatic carbocycles. The zero-order chi connectivity index (χ0) is 15.2. The molecular formula is C17H25N3O2. The zero-order valence-corrected chi connectivity index (χ0v) is 13.1. The van der Waals surface area contributed by atoms with E-state index in [9.17, 15) is 4.79 Å². The Balaban J connectivity index is 1.39. The lowest BCUT2D eigenvalue weighted by Gasteiger charge is -2.36. The highest BCUT2D eigenvalue weighted by Gasteiger charge is 2.20. The number of piperazine rings is 1. The number of carbonyl (C=O) groups is 1. The molecule has 0 bridgehead atoms. The van der Waals surface area contributed by atoms with Gasteiger partial charge in [-0.1, -0.05) is 18.2 Å². The maximum atomic E-state index is 12.2. The topological polar surface area (TPSA) is 36.0 Å². The molecule has 120 valence electrons. The number of carbonyl (C=O) groups excluding carboxylic acids is 1. The van der Waals surface area contributed by atoms with Crippen LogP contribution in [0.4, 0.5) is 5.69 Å². The number of benzene rings is 1. The van der Waals surface area contributed by atoms with Crippen LogP contribution in [0.5, 0.6) is 0 Å². The average molecular weight is 303 g/mol. The number of rotatable bonds is 4. The summed E-state index contributed by atoms with van der Waals surface area (Å²) in [5.74, 6) is 0.272. The summed E-state index contributed by atoms with van der Waals surface area (Å²) in [5.41, 5.74) is 1.30. The maximum absolute atomic E-state index is 12.2. The van der Waals surface area contributed by atoms with E-state index < -0.39 is 0 Å². The molecule has 1 aromatic rings. The molecule has 2 heterocycles. The van der Waals surface area contributed by atoms with Crippen LogP contribution in [-0.2, 0) is 9.53 Å². The van der Waals surface area contributed by atoms with Crippen molar-refractivity contribution in [2.24, 2.45) is 0 Å². The van der Waals surface area contributed by atoms with E-state index in [4.69, 9.17) is 4.74 Å². The van der Waals surface area contributed by atoms with Crippen molar-refractivity contribution in [2.75, 3.05) is 63.9 Å². The van der Waals surface area contributed by atoms with Crippen LogP contribution in [0.25, 0.3) is 0 Å². The van der Waals surface area contributed by atoms with Gasteiger partial charge in [-0.2, -0.15) is 0 Å². The molecule has 0 atom stereocenters. The Bertz CT molecular complexity index is 466. The Labute approximate surface area is 132 Å². The molecule has 0 aromatic heterocycles. The summed E-state index contributed by atoms with van der Waals surface area (Å²) < 4.78 is 5.29. The van der Waals surface area contributed by atoms with Crippen molar-refractivity contribution in [3.63, 3.8) is 0 Å². The molecule has 0 radical (unpaired) electrons. The molecule has 1 amide bonds. The summed E-state index contributed by atoms with van der Waals surface area (Å²) >= 11 is 0. The number of ether oxygens (including phenoxy) is 1. The van der Waals surface area contributed by atoms with Gasteiger partial charge in [-0.3, -0.25) is 9.69 Å². The molecule has 0 saturated carbocycles. The van der Waals surface area contributed by atoms with Gasteiger partial charge >= 0.3 is 0 Å². The monoisotopic (exact) mass is 303 g/mol. The van der Waals surface area contributed by atoms with E-state index in [-0.39, 0.29) is 5.91 Å². The Kier molecular flexibility index (Phi) is 5.29. The SMILES string of the molecule is O=C(CCN1CCN(c2ccccc2)CC1)N1CCOCC1. The van der Waals surface area contributed by atoms with Gasteiger partial charge in [-0.05, 0) is 12.1 Å². The highest BCUT2D eigenvalue weighted by atomic mass is 16.5. The number of morpholine rings is 1. The Morgan fingerprint density at radius 1 is 0.955 bits per heavy atom. The molecule has 22 heavy (non-hydrogen) atoms. The van der Waals surface area contributed by atoms with Gasteiger partial charge in [0.1, 0.15) is 0 Å².